The molecule has 0 unspecified atom stereocenters. The van der Waals surface area contributed by atoms with E-state index in [1.54, 1.807) is 16.2 Å². The average molecular weight is 445 g/mol. The second-order valence-corrected chi connectivity index (χ2v) is 8.97. The Bertz CT molecular complexity index is 1220. The summed E-state index contributed by atoms with van der Waals surface area (Å²) in [5, 5.41) is 0.708. The molecule has 0 aliphatic heterocycles. The molecular weight excluding hydrogens is 416 g/mol. The highest BCUT2D eigenvalue weighted by Crippen LogP contribution is 2.33. The van der Waals surface area contributed by atoms with Gasteiger partial charge < -0.3 is 4.74 Å². The number of benzene rings is 3. The fourth-order valence-electron chi connectivity index (χ4n) is 3.53. The molecule has 32 heavy (non-hydrogen) atoms. The van der Waals surface area contributed by atoms with Gasteiger partial charge in [0, 0.05) is 5.56 Å². The standard InChI is InChI=1S/C27H28N2O2S/c1-4-5-16-31-23-13-9-12-22(17-23)26(30)29(18-21-10-7-6-8-11-21)27-28-25-20(3)19(2)14-15-24(25)32-27/h6-15,17H,4-5,16,18H2,1-3H3. The summed E-state index contributed by atoms with van der Waals surface area (Å²) in [5.41, 5.74) is 4.98. The van der Waals surface area contributed by atoms with E-state index in [4.69, 9.17) is 9.72 Å². The Morgan fingerprint density at radius 2 is 1.84 bits per heavy atom. The third-order valence-corrected chi connectivity index (χ3v) is 6.62. The van der Waals surface area contributed by atoms with Crippen LogP contribution >= 0.6 is 11.3 Å². The lowest BCUT2D eigenvalue weighted by Crippen LogP contribution is -2.30. The lowest BCUT2D eigenvalue weighted by molar-refractivity contribution is 0.0984. The van der Waals surface area contributed by atoms with Crippen LogP contribution in [0.1, 0.15) is 46.8 Å². The first-order chi connectivity index (χ1) is 15.6. The van der Waals surface area contributed by atoms with E-state index < -0.39 is 0 Å². The van der Waals surface area contributed by atoms with Crippen molar-refractivity contribution in [2.45, 2.75) is 40.2 Å². The van der Waals surface area contributed by atoms with Crippen molar-refractivity contribution in [1.29, 1.82) is 0 Å². The van der Waals surface area contributed by atoms with Gasteiger partial charge in [-0.2, -0.15) is 0 Å². The van der Waals surface area contributed by atoms with Crippen molar-refractivity contribution in [3.05, 3.63) is 89.0 Å². The minimum absolute atomic E-state index is 0.0803. The van der Waals surface area contributed by atoms with Gasteiger partial charge in [0.2, 0.25) is 0 Å². The molecule has 164 valence electrons. The summed E-state index contributed by atoms with van der Waals surface area (Å²) in [5.74, 6) is 0.642. The van der Waals surface area contributed by atoms with Crippen LogP contribution in [0.15, 0.2) is 66.7 Å². The number of aromatic nitrogens is 1. The zero-order valence-corrected chi connectivity index (χ0v) is 19.6. The second-order valence-electron chi connectivity index (χ2n) is 7.96. The lowest BCUT2D eigenvalue weighted by Gasteiger charge is -2.20. The molecule has 0 radical (unpaired) electrons. The van der Waals surface area contributed by atoms with Gasteiger partial charge in [0.15, 0.2) is 5.13 Å². The number of carbonyl (C=O) groups is 1. The largest absolute Gasteiger partial charge is 0.494 e. The summed E-state index contributed by atoms with van der Waals surface area (Å²) in [4.78, 5) is 20.4. The molecule has 0 spiro atoms. The summed E-state index contributed by atoms with van der Waals surface area (Å²) in [6, 6.07) is 21.7. The number of thiazole rings is 1. The Morgan fingerprint density at radius 1 is 1.03 bits per heavy atom. The molecule has 5 heteroatoms. The number of nitrogens with zero attached hydrogens (tertiary/aromatic N) is 2. The van der Waals surface area contributed by atoms with Gasteiger partial charge in [0.1, 0.15) is 5.75 Å². The van der Waals surface area contributed by atoms with Gasteiger partial charge in [-0.15, -0.1) is 0 Å². The number of unbranched alkanes of at least 4 members (excludes halogenated alkanes) is 1. The molecule has 3 aromatic carbocycles. The molecule has 0 saturated heterocycles. The van der Waals surface area contributed by atoms with Gasteiger partial charge in [-0.25, -0.2) is 4.98 Å². The molecule has 4 aromatic rings. The van der Waals surface area contributed by atoms with Crippen LogP contribution in [0.2, 0.25) is 0 Å². The molecule has 4 rings (SSSR count). The summed E-state index contributed by atoms with van der Waals surface area (Å²) >= 11 is 1.55. The summed E-state index contributed by atoms with van der Waals surface area (Å²) in [7, 11) is 0. The van der Waals surface area contributed by atoms with Crippen LogP contribution in [0.5, 0.6) is 5.75 Å². The van der Waals surface area contributed by atoms with Crippen LogP contribution < -0.4 is 9.64 Å². The van der Waals surface area contributed by atoms with Gasteiger partial charge >= 0.3 is 0 Å². The molecule has 1 amide bonds. The number of amides is 1. The van der Waals surface area contributed by atoms with E-state index >= 15 is 0 Å². The van der Waals surface area contributed by atoms with Gasteiger partial charge in [-0.1, -0.05) is 67.1 Å². The first kappa shape index (κ1) is 22.0. The SMILES string of the molecule is CCCCOc1cccc(C(=O)N(Cc2ccccc2)c2nc3c(C)c(C)ccc3s2)c1. The first-order valence-corrected chi connectivity index (χ1v) is 11.8. The highest BCUT2D eigenvalue weighted by molar-refractivity contribution is 7.22. The molecule has 0 N–H and O–H groups in total. The topological polar surface area (TPSA) is 42.4 Å². The number of anilines is 1. The maximum atomic E-state index is 13.7. The van der Waals surface area contributed by atoms with Crippen molar-refractivity contribution in [1.82, 2.24) is 4.98 Å². The number of hydrogen-bond donors (Lipinski definition) is 0. The van der Waals surface area contributed by atoms with Crippen LogP contribution in [0.3, 0.4) is 0 Å². The Balaban J connectivity index is 1.71. The average Bonchev–Trinajstić information content (AvgIpc) is 3.25. The third kappa shape index (κ3) is 4.83. The van der Waals surface area contributed by atoms with E-state index in [0.29, 0.717) is 23.8 Å². The number of fused-ring (bicyclic) bond motifs is 1. The molecule has 0 bridgehead atoms. The lowest BCUT2D eigenvalue weighted by atomic mass is 10.1. The minimum atomic E-state index is -0.0803. The predicted octanol–water partition coefficient (Wildman–Crippen LogP) is 6.94. The Morgan fingerprint density at radius 3 is 2.62 bits per heavy atom. The molecule has 0 fully saturated rings. The molecule has 0 aliphatic rings. The highest BCUT2D eigenvalue weighted by Gasteiger charge is 2.23. The molecule has 0 saturated carbocycles. The zero-order valence-electron chi connectivity index (χ0n) is 18.8. The van der Waals surface area contributed by atoms with Crippen molar-refractivity contribution < 1.29 is 9.53 Å². The second kappa shape index (κ2) is 9.96. The van der Waals surface area contributed by atoms with Crippen molar-refractivity contribution in [2.75, 3.05) is 11.5 Å². The fourth-order valence-corrected chi connectivity index (χ4v) is 4.55. The Labute approximate surface area is 193 Å². The summed E-state index contributed by atoms with van der Waals surface area (Å²) < 4.78 is 6.92. The summed E-state index contributed by atoms with van der Waals surface area (Å²) in [6.07, 6.45) is 2.06. The number of carbonyl (C=O) groups excluding carboxylic acids is 1. The maximum absolute atomic E-state index is 13.7. The minimum Gasteiger partial charge on any atom is -0.494 e. The van der Waals surface area contributed by atoms with Gasteiger partial charge in [0.05, 0.1) is 23.4 Å². The smallest absolute Gasteiger partial charge is 0.260 e. The van der Waals surface area contributed by atoms with E-state index in [0.717, 1.165) is 39.9 Å². The third-order valence-electron chi connectivity index (χ3n) is 5.58. The molecule has 0 atom stereocenters. The Hall–Kier alpha value is -3.18. The van der Waals surface area contributed by atoms with E-state index in [9.17, 15) is 4.79 Å². The molecule has 1 aromatic heterocycles. The van der Waals surface area contributed by atoms with E-state index in [2.05, 4.69) is 32.9 Å². The monoisotopic (exact) mass is 444 g/mol. The van der Waals surface area contributed by atoms with Crippen LogP contribution in [-0.4, -0.2) is 17.5 Å². The first-order valence-electron chi connectivity index (χ1n) is 11.0. The van der Waals surface area contributed by atoms with Gasteiger partial charge in [0.25, 0.3) is 5.91 Å². The van der Waals surface area contributed by atoms with Crippen LogP contribution in [-0.2, 0) is 6.54 Å². The van der Waals surface area contributed by atoms with Crippen molar-refractivity contribution in [3.63, 3.8) is 0 Å². The quantitative estimate of drug-likeness (QED) is 0.276. The van der Waals surface area contributed by atoms with E-state index in [1.165, 1.54) is 5.56 Å². The number of aryl methyl sites for hydroxylation is 2. The van der Waals surface area contributed by atoms with Crippen molar-refractivity contribution >= 4 is 32.6 Å². The maximum Gasteiger partial charge on any atom is 0.260 e. The van der Waals surface area contributed by atoms with E-state index in [-0.39, 0.29) is 5.91 Å². The zero-order chi connectivity index (χ0) is 22.5. The van der Waals surface area contributed by atoms with Crippen molar-refractivity contribution in [3.8, 4) is 5.75 Å². The summed E-state index contributed by atoms with van der Waals surface area (Å²) in [6.45, 7) is 7.41. The van der Waals surface area contributed by atoms with Crippen LogP contribution in [0.25, 0.3) is 10.2 Å². The fraction of sp³-hybridized carbons (Fsp3) is 0.259. The van der Waals surface area contributed by atoms with Crippen molar-refractivity contribution in [2.24, 2.45) is 0 Å². The van der Waals surface area contributed by atoms with Gasteiger partial charge in [-0.05, 0) is 61.2 Å². The van der Waals surface area contributed by atoms with Crippen LogP contribution in [0, 0.1) is 13.8 Å². The molecule has 4 nitrogen and oxygen atoms in total. The highest BCUT2D eigenvalue weighted by atomic mass is 32.1. The molecule has 0 aliphatic carbocycles. The number of hydrogen-bond acceptors (Lipinski definition) is 4. The van der Waals surface area contributed by atoms with E-state index in [1.807, 2.05) is 54.6 Å². The predicted molar refractivity (Wildman–Crippen MR) is 133 cm³/mol. The number of ether oxygens (including phenoxy) is 1. The van der Waals surface area contributed by atoms with Gasteiger partial charge in [-0.3, -0.25) is 9.69 Å². The normalized spacial score (nSPS) is 11.0. The Kier molecular flexibility index (Phi) is 6.86. The molecule has 1 heterocycles. The molecular formula is C27H28N2O2S. The van der Waals surface area contributed by atoms with Crippen LogP contribution in [0.4, 0.5) is 5.13 Å². The number of rotatable bonds is 8.